The van der Waals surface area contributed by atoms with E-state index in [2.05, 4.69) is 22.1 Å². The molecule has 0 unspecified atom stereocenters. The molecule has 98 valence electrons. The van der Waals surface area contributed by atoms with E-state index < -0.39 is 0 Å². The zero-order valence-electron chi connectivity index (χ0n) is 10.4. The Labute approximate surface area is 115 Å². The summed E-state index contributed by atoms with van der Waals surface area (Å²) in [5, 5.41) is 7.12. The third-order valence-corrected chi connectivity index (χ3v) is 4.34. The maximum Gasteiger partial charge on any atom is 0.251 e. The summed E-state index contributed by atoms with van der Waals surface area (Å²) in [5.74, 6) is -0.590. The lowest BCUT2D eigenvalue weighted by molar-refractivity contribution is 0.0949. The van der Waals surface area contributed by atoms with Gasteiger partial charge < -0.3 is 5.32 Å². The van der Waals surface area contributed by atoms with E-state index in [1.165, 1.54) is 17.7 Å². The maximum absolute atomic E-state index is 13.1. The van der Waals surface area contributed by atoms with Crippen LogP contribution in [-0.4, -0.2) is 12.5 Å². The first-order chi connectivity index (χ1) is 9.20. The van der Waals surface area contributed by atoms with Crippen LogP contribution in [-0.2, 0) is 5.41 Å². The Kier molecular flexibility index (Phi) is 3.11. The van der Waals surface area contributed by atoms with E-state index in [1.54, 1.807) is 23.5 Å². The average Bonchev–Trinajstić information content (AvgIpc) is 2.99. The Morgan fingerprint density at radius 2 is 2.21 bits per heavy atom. The number of thiophene rings is 1. The van der Waals surface area contributed by atoms with Gasteiger partial charge in [-0.05, 0) is 53.4 Å². The first-order valence-electron chi connectivity index (χ1n) is 6.26. The van der Waals surface area contributed by atoms with Gasteiger partial charge in [0.2, 0.25) is 0 Å². The van der Waals surface area contributed by atoms with Crippen molar-refractivity contribution in [2.75, 3.05) is 6.54 Å². The highest BCUT2D eigenvalue weighted by molar-refractivity contribution is 7.08. The quantitative estimate of drug-likeness (QED) is 0.911. The minimum Gasteiger partial charge on any atom is -0.351 e. The standard InChI is InChI=1S/C15H14FNOS/c16-13-3-1-2-11(8-13)14(18)17-10-15(5-6-15)12-4-7-19-9-12/h1-4,7-9H,5-6,10H2,(H,17,18). The van der Waals surface area contributed by atoms with E-state index in [0.29, 0.717) is 12.1 Å². The van der Waals surface area contributed by atoms with Crippen LogP contribution in [0.3, 0.4) is 0 Å². The lowest BCUT2D eigenvalue weighted by atomic mass is 9.99. The molecule has 1 N–H and O–H groups in total. The van der Waals surface area contributed by atoms with E-state index in [0.717, 1.165) is 12.8 Å². The van der Waals surface area contributed by atoms with Crippen molar-refractivity contribution in [3.05, 3.63) is 58.0 Å². The number of carbonyl (C=O) groups excluding carboxylic acids is 1. The summed E-state index contributed by atoms with van der Waals surface area (Å²) in [6.07, 6.45) is 2.21. The topological polar surface area (TPSA) is 29.1 Å². The molecule has 19 heavy (non-hydrogen) atoms. The van der Waals surface area contributed by atoms with E-state index >= 15 is 0 Å². The first-order valence-corrected chi connectivity index (χ1v) is 7.20. The Morgan fingerprint density at radius 3 is 2.84 bits per heavy atom. The van der Waals surface area contributed by atoms with Crippen molar-refractivity contribution >= 4 is 17.2 Å². The SMILES string of the molecule is O=C(NCC1(c2ccsc2)CC1)c1cccc(F)c1. The van der Waals surface area contributed by atoms with Crippen molar-refractivity contribution in [2.24, 2.45) is 0 Å². The fourth-order valence-corrected chi connectivity index (χ4v) is 3.04. The van der Waals surface area contributed by atoms with E-state index in [1.807, 2.05) is 0 Å². The van der Waals surface area contributed by atoms with Crippen LogP contribution in [0.15, 0.2) is 41.1 Å². The first kappa shape index (κ1) is 12.4. The molecule has 2 aromatic rings. The Bertz CT molecular complexity index is 590. The van der Waals surface area contributed by atoms with Gasteiger partial charge in [-0.15, -0.1) is 0 Å². The van der Waals surface area contributed by atoms with Crippen molar-refractivity contribution in [3.8, 4) is 0 Å². The molecular formula is C15H14FNOS. The number of rotatable bonds is 4. The highest BCUT2D eigenvalue weighted by atomic mass is 32.1. The summed E-state index contributed by atoms with van der Waals surface area (Å²) in [4.78, 5) is 12.0. The van der Waals surface area contributed by atoms with Crippen molar-refractivity contribution in [1.82, 2.24) is 5.32 Å². The number of nitrogens with one attached hydrogen (secondary N) is 1. The monoisotopic (exact) mass is 275 g/mol. The third-order valence-electron chi connectivity index (χ3n) is 3.66. The van der Waals surface area contributed by atoms with Crippen LogP contribution in [0.5, 0.6) is 0 Å². The van der Waals surface area contributed by atoms with Crippen molar-refractivity contribution in [1.29, 1.82) is 0 Å². The summed E-state index contributed by atoms with van der Waals surface area (Å²) in [6, 6.07) is 7.90. The zero-order valence-corrected chi connectivity index (χ0v) is 11.2. The van der Waals surface area contributed by atoms with Crippen LogP contribution in [0.25, 0.3) is 0 Å². The van der Waals surface area contributed by atoms with Crippen LogP contribution < -0.4 is 5.32 Å². The van der Waals surface area contributed by atoms with Crippen LogP contribution in [0.1, 0.15) is 28.8 Å². The lowest BCUT2D eigenvalue weighted by Gasteiger charge is -2.14. The second-order valence-corrected chi connectivity index (χ2v) is 5.77. The largest absolute Gasteiger partial charge is 0.351 e. The summed E-state index contributed by atoms with van der Waals surface area (Å²) >= 11 is 1.68. The Balaban J connectivity index is 1.66. The molecule has 1 aromatic carbocycles. The summed E-state index contributed by atoms with van der Waals surface area (Å²) in [5.41, 5.74) is 1.79. The van der Waals surface area contributed by atoms with Gasteiger partial charge in [0, 0.05) is 17.5 Å². The number of halogens is 1. The Morgan fingerprint density at radius 1 is 1.37 bits per heavy atom. The molecule has 0 saturated heterocycles. The van der Waals surface area contributed by atoms with Crippen LogP contribution >= 0.6 is 11.3 Å². The molecule has 0 atom stereocenters. The summed E-state index contributed by atoms with van der Waals surface area (Å²) < 4.78 is 13.1. The van der Waals surface area contributed by atoms with Crippen molar-refractivity contribution < 1.29 is 9.18 Å². The van der Waals surface area contributed by atoms with Crippen molar-refractivity contribution in [2.45, 2.75) is 18.3 Å². The number of benzene rings is 1. The minimum absolute atomic E-state index is 0.114. The number of carbonyl (C=O) groups is 1. The molecule has 1 fully saturated rings. The normalized spacial score (nSPS) is 16.1. The molecule has 1 heterocycles. The summed E-state index contributed by atoms with van der Waals surface area (Å²) in [6.45, 7) is 0.624. The van der Waals surface area contributed by atoms with Crippen LogP contribution in [0.4, 0.5) is 4.39 Å². The third kappa shape index (κ3) is 2.54. The van der Waals surface area contributed by atoms with Gasteiger partial charge in [-0.1, -0.05) is 6.07 Å². The van der Waals surface area contributed by atoms with Gasteiger partial charge in [0.15, 0.2) is 0 Å². The fraction of sp³-hybridized carbons (Fsp3) is 0.267. The smallest absolute Gasteiger partial charge is 0.251 e. The van der Waals surface area contributed by atoms with Gasteiger partial charge in [-0.2, -0.15) is 11.3 Å². The zero-order chi connectivity index (χ0) is 13.3. The molecule has 0 radical (unpaired) electrons. The van der Waals surface area contributed by atoms with Crippen molar-refractivity contribution in [3.63, 3.8) is 0 Å². The molecule has 1 aliphatic carbocycles. The van der Waals surface area contributed by atoms with Gasteiger partial charge in [0.1, 0.15) is 5.82 Å². The minimum atomic E-state index is -0.383. The summed E-state index contributed by atoms with van der Waals surface area (Å²) in [7, 11) is 0. The average molecular weight is 275 g/mol. The molecule has 0 bridgehead atoms. The van der Waals surface area contributed by atoms with Gasteiger partial charge in [-0.25, -0.2) is 4.39 Å². The molecule has 1 aromatic heterocycles. The van der Waals surface area contributed by atoms with Crippen LogP contribution in [0, 0.1) is 5.82 Å². The number of hydrogen-bond donors (Lipinski definition) is 1. The van der Waals surface area contributed by atoms with Gasteiger partial charge >= 0.3 is 0 Å². The van der Waals surface area contributed by atoms with E-state index in [9.17, 15) is 9.18 Å². The van der Waals surface area contributed by atoms with Gasteiger partial charge in [-0.3, -0.25) is 4.79 Å². The molecule has 0 aliphatic heterocycles. The van der Waals surface area contributed by atoms with Crippen LogP contribution in [0.2, 0.25) is 0 Å². The fourth-order valence-electron chi connectivity index (χ4n) is 2.27. The molecule has 1 aliphatic rings. The molecular weight excluding hydrogens is 261 g/mol. The molecule has 1 saturated carbocycles. The molecule has 0 spiro atoms. The van der Waals surface area contributed by atoms with E-state index in [4.69, 9.17) is 0 Å². The van der Waals surface area contributed by atoms with E-state index in [-0.39, 0.29) is 17.1 Å². The second kappa shape index (κ2) is 4.78. The lowest BCUT2D eigenvalue weighted by Crippen LogP contribution is -2.32. The predicted octanol–water partition coefficient (Wildman–Crippen LogP) is 3.35. The molecule has 2 nitrogen and oxygen atoms in total. The number of hydrogen-bond acceptors (Lipinski definition) is 2. The maximum atomic E-state index is 13.1. The predicted molar refractivity (Wildman–Crippen MR) is 74.0 cm³/mol. The highest BCUT2D eigenvalue weighted by Crippen LogP contribution is 2.48. The van der Waals surface area contributed by atoms with Gasteiger partial charge in [0.25, 0.3) is 5.91 Å². The molecule has 3 rings (SSSR count). The van der Waals surface area contributed by atoms with Gasteiger partial charge in [0.05, 0.1) is 0 Å². The molecule has 1 amide bonds. The Hall–Kier alpha value is -1.68. The molecule has 4 heteroatoms. The second-order valence-electron chi connectivity index (χ2n) is 4.99. The number of amides is 1. The highest BCUT2D eigenvalue weighted by Gasteiger charge is 2.44.